The lowest BCUT2D eigenvalue weighted by molar-refractivity contribution is 0.0261. The normalized spacial score (nSPS) is 12.8. The molecule has 23 heavy (non-hydrogen) atoms. The van der Waals surface area contributed by atoms with Crippen LogP contribution in [0.4, 0.5) is 4.79 Å². The molecule has 1 N–H and O–H groups in total. The molecule has 0 saturated carbocycles. The molecule has 1 aromatic carbocycles. The monoisotopic (exact) mass is 320 g/mol. The van der Waals surface area contributed by atoms with Gasteiger partial charge in [-0.25, -0.2) is 4.79 Å². The summed E-state index contributed by atoms with van der Waals surface area (Å²) in [5.74, 6) is 0. The van der Waals surface area contributed by atoms with E-state index in [-0.39, 0.29) is 6.09 Å². The fraction of sp³-hybridized carbons (Fsp3) is 0.632. The summed E-state index contributed by atoms with van der Waals surface area (Å²) in [6.45, 7) is 14.0. The number of likely N-dealkylation sites (N-methyl/N-ethyl adjacent to an activating group) is 1. The summed E-state index contributed by atoms with van der Waals surface area (Å²) in [5.41, 5.74) is 2.11. The Morgan fingerprint density at radius 1 is 1.22 bits per heavy atom. The Morgan fingerprint density at radius 3 is 2.30 bits per heavy atom. The van der Waals surface area contributed by atoms with Crippen molar-refractivity contribution in [2.75, 3.05) is 19.6 Å². The number of ether oxygens (including phenoxy) is 1. The molecule has 4 nitrogen and oxygen atoms in total. The van der Waals surface area contributed by atoms with Gasteiger partial charge >= 0.3 is 6.09 Å². The van der Waals surface area contributed by atoms with Crippen LogP contribution in [0, 0.1) is 6.92 Å². The summed E-state index contributed by atoms with van der Waals surface area (Å²) in [7, 11) is 0. The van der Waals surface area contributed by atoms with Crippen LogP contribution in [0.3, 0.4) is 0 Å². The Labute approximate surface area is 141 Å². The molecule has 0 spiro atoms. The van der Waals surface area contributed by atoms with E-state index in [4.69, 9.17) is 4.74 Å². The van der Waals surface area contributed by atoms with Gasteiger partial charge in [-0.2, -0.15) is 0 Å². The first-order chi connectivity index (χ1) is 10.8. The molecule has 1 atom stereocenters. The van der Waals surface area contributed by atoms with Gasteiger partial charge in [0.1, 0.15) is 5.60 Å². The van der Waals surface area contributed by atoms with Crippen LogP contribution >= 0.6 is 0 Å². The fourth-order valence-corrected chi connectivity index (χ4v) is 2.38. The number of rotatable bonds is 7. The molecule has 0 radical (unpaired) electrons. The van der Waals surface area contributed by atoms with Gasteiger partial charge in [0.25, 0.3) is 0 Å². The Kier molecular flexibility index (Phi) is 7.56. The summed E-state index contributed by atoms with van der Waals surface area (Å²) < 4.78 is 5.43. The molecule has 0 heterocycles. The SMILES string of the molecule is CCC(NCCN(CC)C(=O)OC(C)(C)C)c1ccc(C)cc1. The van der Waals surface area contributed by atoms with Crippen molar-refractivity contribution >= 4 is 6.09 Å². The highest BCUT2D eigenvalue weighted by atomic mass is 16.6. The van der Waals surface area contributed by atoms with Gasteiger partial charge in [-0.1, -0.05) is 36.8 Å². The summed E-state index contributed by atoms with van der Waals surface area (Å²) >= 11 is 0. The molecule has 1 unspecified atom stereocenters. The maximum absolute atomic E-state index is 12.1. The van der Waals surface area contributed by atoms with E-state index in [1.807, 2.05) is 27.7 Å². The van der Waals surface area contributed by atoms with Crippen molar-refractivity contribution in [1.82, 2.24) is 10.2 Å². The largest absolute Gasteiger partial charge is 0.444 e. The van der Waals surface area contributed by atoms with Gasteiger partial charge in [0.2, 0.25) is 0 Å². The Morgan fingerprint density at radius 2 is 1.83 bits per heavy atom. The van der Waals surface area contributed by atoms with Crippen LogP contribution in [0.25, 0.3) is 0 Å². The highest BCUT2D eigenvalue weighted by molar-refractivity contribution is 5.68. The van der Waals surface area contributed by atoms with Crippen molar-refractivity contribution in [3.8, 4) is 0 Å². The lowest BCUT2D eigenvalue weighted by atomic mass is 10.0. The second-order valence-corrected chi connectivity index (χ2v) is 6.89. The van der Waals surface area contributed by atoms with Crippen LogP contribution in [0.15, 0.2) is 24.3 Å². The second kappa shape index (κ2) is 8.92. The predicted molar refractivity (Wildman–Crippen MR) is 95.7 cm³/mol. The maximum atomic E-state index is 12.1. The van der Waals surface area contributed by atoms with Crippen molar-refractivity contribution in [2.45, 2.75) is 59.6 Å². The lowest BCUT2D eigenvalue weighted by Crippen LogP contribution is -2.40. The fourth-order valence-electron chi connectivity index (χ4n) is 2.38. The van der Waals surface area contributed by atoms with Crippen molar-refractivity contribution in [3.63, 3.8) is 0 Å². The number of aryl methyl sites for hydroxylation is 1. The molecule has 1 rings (SSSR count). The highest BCUT2D eigenvalue weighted by Gasteiger charge is 2.21. The van der Waals surface area contributed by atoms with Gasteiger partial charge in [-0.05, 0) is 46.6 Å². The van der Waals surface area contributed by atoms with Crippen LogP contribution in [0.5, 0.6) is 0 Å². The second-order valence-electron chi connectivity index (χ2n) is 6.89. The van der Waals surface area contributed by atoms with Crippen molar-refractivity contribution in [3.05, 3.63) is 35.4 Å². The molecule has 1 aromatic rings. The number of hydrogen-bond acceptors (Lipinski definition) is 3. The van der Waals surface area contributed by atoms with Crippen molar-refractivity contribution < 1.29 is 9.53 Å². The van der Waals surface area contributed by atoms with Gasteiger partial charge in [-0.15, -0.1) is 0 Å². The number of amides is 1. The third-order valence-electron chi connectivity index (χ3n) is 3.69. The lowest BCUT2D eigenvalue weighted by Gasteiger charge is -2.27. The first-order valence-corrected chi connectivity index (χ1v) is 8.54. The molecule has 130 valence electrons. The molecule has 0 aliphatic heterocycles. The zero-order valence-electron chi connectivity index (χ0n) is 15.5. The third kappa shape index (κ3) is 7.04. The molecule has 1 amide bonds. The first-order valence-electron chi connectivity index (χ1n) is 8.54. The standard InChI is InChI=1S/C19H32N2O2/c1-7-17(16-11-9-15(3)10-12-16)20-13-14-21(8-2)18(22)23-19(4,5)6/h9-12,17,20H,7-8,13-14H2,1-6H3. The topological polar surface area (TPSA) is 41.6 Å². The zero-order chi connectivity index (χ0) is 17.5. The smallest absolute Gasteiger partial charge is 0.410 e. The number of hydrogen-bond donors (Lipinski definition) is 1. The number of nitrogens with one attached hydrogen (secondary N) is 1. The van der Waals surface area contributed by atoms with Crippen LogP contribution in [-0.4, -0.2) is 36.2 Å². The highest BCUT2D eigenvalue weighted by Crippen LogP contribution is 2.17. The maximum Gasteiger partial charge on any atom is 0.410 e. The van der Waals surface area contributed by atoms with E-state index in [1.165, 1.54) is 11.1 Å². The molecule has 0 aromatic heterocycles. The minimum atomic E-state index is -0.453. The van der Waals surface area contributed by atoms with E-state index in [0.29, 0.717) is 19.1 Å². The van der Waals surface area contributed by atoms with Gasteiger partial charge in [-0.3, -0.25) is 0 Å². The molecular weight excluding hydrogens is 288 g/mol. The Balaban J connectivity index is 2.51. The third-order valence-corrected chi connectivity index (χ3v) is 3.69. The predicted octanol–water partition coefficient (Wildman–Crippen LogP) is 4.29. The Bertz CT molecular complexity index is 477. The average Bonchev–Trinajstić information content (AvgIpc) is 2.47. The van der Waals surface area contributed by atoms with Gasteiger partial charge in [0, 0.05) is 25.7 Å². The van der Waals surface area contributed by atoms with E-state index < -0.39 is 5.60 Å². The summed E-state index contributed by atoms with van der Waals surface area (Å²) in [5, 5.41) is 3.54. The van der Waals surface area contributed by atoms with E-state index >= 15 is 0 Å². The quantitative estimate of drug-likeness (QED) is 0.814. The summed E-state index contributed by atoms with van der Waals surface area (Å²) in [6.07, 6.45) is 0.770. The molecule has 0 fully saturated rings. The van der Waals surface area contributed by atoms with Gasteiger partial charge in [0.05, 0.1) is 0 Å². The van der Waals surface area contributed by atoms with E-state index in [2.05, 4.69) is 43.4 Å². The summed E-state index contributed by atoms with van der Waals surface area (Å²) in [6, 6.07) is 8.93. The van der Waals surface area contributed by atoms with Crippen LogP contribution < -0.4 is 5.32 Å². The molecule has 4 heteroatoms. The first kappa shape index (κ1) is 19.5. The molecule has 0 aliphatic carbocycles. The molecular formula is C19H32N2O2. The van der Waals surface area contributed by atoms with Crippen LogP contribution in [0.1, 0.15) is 58.2 Å². The van der Waals surface area contributed by atoms with Crippen LogP contribution in [-0.2, 0) is 4.74 Å². The van der Waals surface area contributed by atoms with Gasteiger partial charge < -0.3 is 15.0 Å². The molecule has 0 aliphatic rings. The van der Waals surface area contributed by atoms with Crippen molar-refractivity contribution in [1.29, 1.82) is 0 Å². The van der Waals surface area contributed by atoms with Crippen LogP contribution in [0.2, 0.25) is 0 Å². The van der Waals surface area contributed by atoms with E-state index in [0.717, 1.165) is 13.0 Å². The number of benzene rings is 1. The van der Waals surface area contributed by atoms with E-state index in [1.54, 1.807) is 4.90 Å². The summed E-state index contributed by atoms with van der Waals surface area (Å²) in [4.78, 5) is 13.9. The number of nitrogens with zero attached hydrogens (tertiary/aromatic N) is 1. The minimum Gasteiger partial charge on any atom is -0.444 e. The zero-order valence-corrected chi connectivity index (χ0v) is 15.5. The number of carbonyl (C=O) groups is 1. The molecule has 0 saturated heterocycles. The molecule has 0 bridgehead atoms. The van der Waals surface area contributed by atoms with Gasteiger partial charge in [0.15, 0.2) is 0 Å². The minimum absolute atomic E-state index is 0.245. The average molecular weight is 320 g/mol. The Hall–Kier alpha value is -1.55. The number of carbonyl (C=O) groups excluding carboxylic acids is 1. The van der Waals surface area contributed by atoms with Crippen molar-refractivity contribution in [2.24, 2.45) is 0 Å². The van der Waals surface area contributed by atoms with E-state index in [9.17, 15) is 4.79 Å².